The number of urea groups is 1. The highest BCUT2D eigenvalue weighted by Crippen LogP contribution is 2.40. The van der Waals surface area contributed by atoms with Gasteiger partial charge in [-0.3, -0.25) is 4.79 Å². The predicted molar refractivity (Wildman–Crippen MR) is 231 cm³/mol. The summed E-state index contributed by atoms with van der Waals surface area (Å²) < 4.78 is 32.6. The summed E-state index contributed by atoms with van der Waals surface area (Å²) in [7, 11) is 1.65. The average Bonchev–Trinajstić information content (AvgIpc) is 3.19. The molecule has 1 fully saturated rings. The number of carbonyl (C=O) groups is 2. The van der Waals surface area contributed by atoms with Crippen LogP contribution in [0.1, 0.15) is 49.5 Å². The van der Waals surface area contributed by atoms with Crippen LogP contribution in [0.2, 0.25) is 0 Å². The summed E-state index contributed by atoms with van der Waals surface area (Å²) in [5.41, 5.74) is 3.23. The molecule has 1 aliphatic rings. The maximum absolute atomic E-state index is 13.5. The van der Waals surface area contributed by atoms with Crippen LogP contribution < -0.4 is 40.2 Å². The van der Waals surface area contributed by atoms with E-state index in [9.17, 15) is 18.9 Å². The first kappa shape index (κ1) is 41.7. The van der Waals surface area contributed by atoms with Crippen LogP contribution in [0.4, 0.5) is 33.4 Å². The van der Waals surface area contributed by atoms with Crippen molar-refractivity contribution in [3.63, 3.8) is 0 Å². The number of likely N-dealkylation sites (tertiary alicyclic amines) is 1. The molecule has 1 saturated heterocycles. The van der Waals surface area contributed by atoms with Gasteiger partial charge in [-0.05, 0) is 66.3 Å². The minimum Gasteiger partial charge on any atom is -0.496 e. The lowest BCUT2D eigenvalue weighted by Crippen LogP contribution is -2.40. The third-order valence-corrected chi connectivity index (χ3v) is 10.2. The van der Waals surface area contributed by atoms with Crippen LogP contribution in [-0.4, -0.2) is 83.9 Å². The molecule has 306 valence electrons. The molecule has 0 radical (unpaired) electrons. The number of ether oxygens (including phenoxy) is 3. The highest BCUT2D eigenvalue weighted by atomic mass is 32.2. The Hall–Kier alpha value is -5.90. The number of methoxy groups -OCH3 is 2. The van der Waals surface area contributed by atoms with Gasteiger partial charge in [0.25, 0.3) is 5.91 Å². The maximum atomic E-state index is 13.5. The molecule has 4 aromatic carbocycles. The number of nitrogens with one attached hydrogen (secondary N) is 5. The van der Waals surface area contributed by atoms with Crippen molar-refractivity contribution < 1.29 is 33.1 Å². The fourth-order valence-corrected chi connectivity index (χ4v) is 7.15. The number of anilines is 5. The van der Waals surface area contributed by atoms with Crippen LogP contribution in [0.5, 0.6) is 23.0 Å². The number of aliphatic hydroxyl groups excluding tert-OH is 1. The minimum atomic E-state index is -1.37. The van der Waals surface area contributed by atoms with Gasteiger partial charge in [-0.2, -0.15) is 0 Å². The van der Waals surface area contributed by atoms with Gasteiger partial charge in [0.2, 0.25) is 0 Å². The van der Waals surface area contributed by atoms with E-state index in [1.54, 1.807) is 48.7 Å². The zero-order valence-electron chi connectivity index (χ0n) is 33.6. The topological polar surface area (TPSA) is 175 Å². The first-order valence-electron chi connectivity index (χ1n) is 19.0. The van der Waals surface area contributed by atoms with Crippen molar-refractivity contribution in [2.75, 3.05) is 67.3 Å². The third-order valence-electron chi connectivity index (χ3n) is 9.74. The second kappa shape index (κ2) is 18.6. The molecule has 0 saturated carbocycles. The molecule has 15 heteroatoms. The van der Waals surface area contributed by atoms with Gasteiger partial charge < -0.3 is 50.2 Å². The summed E-state index contributed by atoms with van der Waals surface area (Å²) in [5.74, 6) is 2.15. The summed E-state index contributed by atoms with van der Waals surface area (Å²) in [6.07, 6.45) is 4.43. The Kier molecular flexibility index (Phi) is 13.4. The standard InChI is InChI=1S/C43H51N7O7S/c1-43(2,3)27-23-35(40(56-5)36(24-27)49-58(6)54)48-42(53)47-34-13-14-37(32-10-8-7-9-31(32)34)57-30-15-18-44-39(26-30)46-28-11-12-33(38(25-28)55-4)41(52)45-19-22-50-20-16-29(51)17-21-50/h7-15,18,23-26,29,49,51H,16-17,19-22H2,1-6H3,(H,44,46)(H,45,52)(H2,47,48,53). The van der Waals surface area contributed by atoms with Crippen LogP contribution in [0.25, 0.3) is 10.8 Å². The number of nitrogens with zero attached hydrogens (tertiary/aromatic N) is 2. The van der Waals surface area contributed by atoms with Crippen molar-refractivity contribution >= 4 is 62.3 Å². The van der Waals surface area contributed by atoms with E-state index in [1.807, 2.05) is 36.4 Å². The van der Waals surface area contributed by atoms with Crippen LogP contribution in [0, 0.1) is 0 Å². The lowest BCUT2D eigenvalue weighted by atomic mass is 9.86. The number of hydrogen-bond acceptors (Lipinski definition) is 10. The van der Waals surface area contributed by atoms with Gasteiger partial charge in [-0.25, -0.2) is 14.0 Å². The van der Waals surface area contributed by atoms with Crippen molar-refractivity contribution in [3.05, 3.63) is 96.2 Å². The number of aromatic nitrogens is 1. The summed E-state index contributed by atoms with van der Waals surface area (Å²) in [5, 5.41) is 23.4. The van der Waals surface area contributed by atoms with Gasteiger partial charge in [0.05, 0.1) is 42.9 Å². The van der Waals surface area contributed by atoms with Gasteiger partial charge in [0.15, 0.2) is 5.75 Å². The number of amides is 3. The highest BCUT2D eigenvalue weighted by Gasteiger charge is 2.22. The first-order chi connectivity index (χ1) is 27.8. The molecule has 1 atom stereocenters. The van der Waals surface area contributed by atoms with Crippen molar-refractivity contribution in [1.82, 2.24) is 15.2 Å². The molecule has 6 N–H and O–H groups in total. The summed E-state index contributed by atoms with van der Waals surface area (Å²) in [6, 6.07) is 23.1. The van der Waals surface area contributed by atoms with Gasteiger partial charge in [-0.1, -0.05) is 45.0 Å². The number of rotatable bonds is 14. The lowest BCUT2D eigenvalue weighted by Gasteiger charge is -2.29. The van der Waals surface area contributed by atoms with E-state index in [4.69, 9.17) is 14.2 Å². The van der Waals surface area contributed by atoms with Crippen LogP contribution in [-0.2, 0) is 16.4 Å². The fraction of sp³-hybridized carbons (Fsp3) is 0.326. The number of benzene rings is 4. The molecule has 0 aliphatic carbocycles. The Morgan fingerprint density at radius 2 is 1.60 bits per heavy atom. The van der Waals surface area contributed by atoms with E-state index in [0.717, 1.165) is 42.3 Å². The quantitative estimate of drug-likeness (QED) is 0.0655. The second-order valence-electron chi connectivity index (χ2n) is 15.0. The van der Waals surface area contributed by atoms with Crippen LogP contribution in [0.3, 0.4) is 0 Å². The van der Waals surface area contributed by atoms with Gasteiger partial charge in [0, 0.05) is 67.2 Å². The Bertz CT molecular complexity index is 2290. The first-order valence-corrected chi connectivity index (χ1v) is 20.6. The molecule has 58 heavy (non-hydrogen) atoms. The van der Waals surface area contributed by atoms with Crippen molar-refractivity contribution in [2.45, 2.75) is 45.1 Å². The monoisotopic (exact) mass is 809 g/mol. The smallest absolute Gasteiger partial charge is 0.323 e. The number of aliphatic hydroxyl groups is 1. The summed E-state index contributed by atoms with van der Waals surface area (Å²) in [6.45, 7) is 9.00. The Morgan fingerprint density at radius 1 is 0.879 bits per heavy atom. The van der Waals surface area contributed by atoms with Gasteiger partial charge in [-0.15, -0.1) is 0 Å². The number of fused-ring (bicyclic) bond motifs is 1. The average molecular weight is 810 g/mol. The summed E-state index contributed by atoms with van der Waals surface area (Å²) >= 11 is 0. The zero-order chi connectivity index (χ0) is 41.4. The Balaban J connectivity index is 1.13. The SMILES string of the molecule is COc1cc(Nc2cc(Oc3ccc(NC(=O)Nc4cc(C(C)(C)C)cc(NS(C)=O)c4OC)c4ccccc34)ccn2)ccc1C(=O)NCCN1CCC(O)CC1. The van der Waals surface area contributed by atoms with E-state index >= 15 is 0 Å². The fourth-order valence-electron chi connectivity index (χ4n) is 6.69. The molecule has 14 nitrogen and oxygen atoms in total. The molecule has 0 bridgehead atoms. The second-order valence-corrected chi connectivity index (χ2v) is 16.1. The molecular formula is C43H51N7O7S. The molecule has 1 unspecified atom stereocenters. The molecule has 6 rings (SSSR count). The number of piperidine rings is 1. The largest absolute Gasteiger partial charge is 0.496 e. The summed E-state index contributed by atoms with van der Waals surface area (Å²) in [4.78, 5) is 33.2. The van der Waals surface area contributed by atoms with Crippen molar-refractivity contribution in [1.29, 1.82) is 0 Å². The van der Waals surface area contributed by atoms with Gasteiger partial charge >= 0.3 is 6.03 Å². The molecule has 1 aromatic heterocycles. The van der Waals surface area contributed by atoms with E-state index in [0.29, 0.717) is 70.2 Å². The molecule has 2 heterocycles. The Morgan fingerprint density at radius 3 is 2.31 bits per heavy atom. The normalized spacial score (nSPS) is 14.0. The van der Waals surface area contributed by atoms with E-state index in [2.05, 4.69) is 56.6 Å². The van der Waals surface area contributed by atoms with Crippen LogP contribution >= 0.6 is 0 Å². The molecule has 1 aliphatic heterocycles. The number of hydrogen-bond donors (Lipinski definition) is 6. The van der Waals surface area contributed by atoms with Crippen molar-refractivity contribution in [3.8, 4) is 23.0 Å². The molecule has 5 aromatic rings. The molecule has 3 amide bonds. The molecular weight excluding hydrogens is 759 g/mol. The van der Waals surface area contributed by atoms with Crippen LogP contribution in [0.15, 0.2) is 85.1 Å². The molecule has 0 spiro atoms. The van der Waals surface area contributed by atoms with Crippen molar-refractivity contribution in [2.24, 2.45) is 0 Å². The Labute approximate surface area is 341 Å². The number of carbonyl (C=O) groups excluding carboxylic acids is 2. The zero-order valence-corrected chi connectivity index (χ0v) is 34.4. The highest BCUT2D eigenvalue weighted by molar-refractivity contribution is 7.85. The van der Waals surface area contributed by atoms with Gasteiger partial charge in [0.1, 0.15) is 34.1 Å². The van der Waals surface area contributed by atoms with E-state index in [1.165, 1.54) is 20.5 Å². The van der Waals surface area contributed by atoms with E-state index in [-0.39, 0.29) is 17.4 Å². The third kappa shape index (κ3) is 10.5. The minimum absolute atomic E-state index is 0.229. The van der Waals surface area contributed by atoms with E-state index < -0.39 is 17.0 Å². The lowest BCUT2D eigenvalue weighted by molar-refractivity contribution is 0.0804. The number of pyridine rings is 1. The maximum Gasteiger partial charge on any atom is 0.323 e. The predicted octanol–water partition coefficient (Wildman–Crippen LogP) is 7.62.